The van der Waals surface area contributed by atoms with E-state index in [4.69, 9.17) is 0 Å². The zero-order chi connectivity index (χ0) is 21.3. The second kappa shape index (κ2) is 11.4. The van der Waals surface area contributed by atoms with Crippen molar-refractivity contribution in [1.82, 2.24) is 20.5 Å². The highest BCUT2D eigenvalue weighted by Crippen LogP contribution is 2.27. The topological polar surface area (TPSA) is 77.6 Å². The Morgan fingerprint density at radius 1 is 1.17 bits per heavy atom. The molecule has 1 aromatic rings. The summed E-state index contributed by atoms with van der Waals surface area (Å²) in [6, 6.07) is 1.93. The second-order valence-electron chi connectivity index (χ2n) is 8.60. The summed E-state index contributed by atoms with van der Waals surface area (Å²) in [5.74, 6) is -0.0430. The highest BCUT2D eigenvalue weighted by Gasteiger charge is 2.28. The number of likely N-dealkylation sites (N-methyl/N-ethyl adjacent to an activating group) is 1. The molecule has 30 heavy (non-hydrogen) atoms. The summed E-state index contributed by atoms with van der Waals surface area (Å²) in [6.07, 6.45) is 8.66. The first-order valence-electron chi connectivity index (χ1n) is 11.6. The van der Waals surface area contributed by atoms with Crippen molar-refractivity contribution in [3.05, 3.63) is 23.5 Å². The maximum absolute atomic E-state index is 13.1. The van der Waals surface area contributed by atoms with Gasteiger partial charge in [0.05, 0.1) is 5.69 Å². The quantitative estimate of drug-likeness (QED) is 0.452. The van der Waals surface area contributed by atoms with Gasteiger partial charge in [0.25, 0.3) is 5.91 Å². The minimum Gasteiger partial charge on any atom is -0.366 e. The van der Waals surface area contributed by atoms with Gasteiger partial charge in [-0.25, -0.2) is 4.98 Å². The Morgan fingerprint density at radius 2 is 1.93 bits per heavy atom. The highest BCUT2D eigenvalue weighted by atomic mass is 16.2. The first kappa shape index (κ1) is 22.7. The predicted molar refractivity (Wildman–Crippen MR) is 120 cm³/mol. The lowest BCUT2D eigenvalue weighted by atomic mass is 10.0. The van der Waals surface area contributed by atoms with E-state index in [9.17, 15) is 9.59 Å². The molecule has 1 atom stereocenters. The number of unbranched alkanes of at least 4 members (excludes halogenated alkanes) is 4. The summed E-state index contributed by atoms with van der Waals surface area (Å²) in [4.78, 5) is 35.0. The van der Waals surface area contributed by atoms with Gasteiger partial charge in [-0.1, -0.05) is 32.6 Å². The van der Waals surface area contributed by atoms with E-state index in [2.05, 4.69) is 39.4 Å². The van der Waals surface area contributed by atoms with E-state index in [-0.39, 0.29) is 17.7 Å². The molecule has 0 radical (unpaired) electrons. The Labute approximate surface area is 180 Å². The second-order valence-corrected chi connectivity index (χ2v) is 8.60. The molecule has 0 aliphatic carbocycles. The lowest BCUT2D eigenvalue weighted by molar-refractivity contribution is 0.0934. The number of pyridine rings is 1. The lowest BCUT2D eigenvalue weighted by Crippen LogP contribution is -2.45. The fourth-order valence-corrected chi connectivity index (χ4v) is 4.38. The van der Waals surface area contributed by atoms with Crippen LogP contribution in [-0.4, -0.2) is 73.9 Å². The van der Waals surface area contributed by atoms with Gasteiger partial charge in [-0.3, -0.25) is 9.59 Å². The van der Waals surface area contributed by atoms with Crippen molar-refractivity contribution in [3.63, 3.8) is 0 Å². The van der Waals surface area contributed by atoms with Crippen LogP contribution in [0, 0.1) is 0 Å². The van der Waals surface area contributed by atoms with Crippen LogP contribution in [-0.2, 0) is 0 Å². The Morgan fingerprint density at radius 3 is 2.63 bits per heavy atom. The maximum Gasteiger partial charge on any atom is 0.272 e. The van der Waals surface area contributed by atoms with E-state index in [0.29, 0.717) is 17.7 Å². The largest absolute Gasteiger partial charge is 0.366 e. The number of aromatic nitrogens is 1. The van der Waals surface area contributed by atoms with Gasteiger partial charge in [0, 0.05) is 56.9 Å². The van der Waals surface area contributed by atoms with E-state index in [0.717, 1.165) is 64.2 Å². The number of carbonyl (C=O) groups excluding carboxylic acids is 2. The average Bonchev–Trinajstić information content (AvgIpc) is 3.18. The molecule has 2 aliphatic heterocycles. The normalized spacial score (nSPS) is 19.8. The molecule has 1 aromatic heterocycles. The maximum atomic E-state index is 13.1. The number of carbonyl (C=O) groups is 2. The van der Waals surface area contributed by atoms with E-state index in [1.807, 2.05) is 0 Å². The third kappa shape index (κ3) is 6.01. The number of nitrogens with one attached hydrogen (secondary N) is 2. The Kier molecular flexibility index (Phi) is 8.63. The van der Waals surface area contributed by atoms with Crippen LogP contribution in [0.2, 0.25) is 0 Å². The molecule has 1 amide bonds. The number of hydrogen-bond acceptors (Lipinski definition) is 6. The summed E-state index contributed by atoms with van der Waals surface area (Å²) in [6.45, 7) is 7.26. The Hall–Kier alpha value is -1.99. The smallest absolute Gasteiger partial charge is 0.272 e. The number of piperazine rings is 1. The summed E-state index contributed by atoms with van der Waals surface area (Å²) < 4.78 is 0. The van der Waals surface area contributed by atoms with Crippen molar-refractivity contribution in [1.29, 1.82) is 0 Å². The molecule has 7 heteroatoms. The number of anilines is 1. The van der Waals surface area contributed by atoms with Crippen LogP contribution in [0.15, 0.2) is 12.3 Å². The third-order valence-corrected chi connectivity index (χ3v) is 6.11. The van der Waals surface area contributed by atoms with Gasteiger partial charge in [0.2, 0.25) is 0 Å². The molecule has 3 heterocycles. The van der Waals surface area contributed by atoms with Gasteiger partial charge in [0.1, 0.15) is 0 Å². The van der Waals surface area contributed by atoms with Crippen LogP contribution in [0.4, 0.5) is 5.69 Å². The summed E-state index contributed by atoms with van der Waals surface area (Å²) in [7, 11) is 2.07. The number of ketones is 1. The molecular weight excluding hydrogens is 378 g/mol. The Balaban J connectivity index is 1.78. The first-order valence-corrected chi connectivity index (χ1v) is 11.6. The molecule has 2 aliphatic rings. The minimum absolute atomic E-state index is 0.122. The van der Waals surface area contributed by atoms with Gasteiger partial charge in [-0.15, -0.1) is 0 Å². The van der Waals surface area contributed by atoms with E-state index < -0.39 is 0 Å². The van der Waals surface area contributed by atoms with Crippen molar-refractivity contribution >= 4 is 17.4 Å². The zero-order valence-corrected chi connectivity index (χ0v) is 18.6. The number of likely N-dealkylation sites (tertiary alicyclic amines) is 1. The van der Waals surface area contributed by atoms with Gasteiger partial charge in [-0.05, 0) is 32.5 Å². The molecule has 3 rings (SSSR count). The molecule has 0 saturated carbocycles. The average molecular weight is 416 g/mol. The minimum atomic E-state index is -0.165. The van der Waals surface area contributed by atoms with Crippen molar-refractivity contribution in [2.75, 3.05) is 51.2 Å². The van der Waals surface area contributed by atoms with Crippen LogP contribution < -0.4 is 15.5 Å². The highest BCUT2D eigenvalue weighted by molar-refractivity contribution is 6.07. The fraction of sp³-hybridized carbons (Fsp3) is 0.696. The number of Topliss-reactive ketones (excluding diaryl/α,β-unsaturated/α-hetero) is 1. The van der Waals surface area contributed by atoms with Crippen molar-refractivity contribution in [2.45, 2.75) is 57.9 Å². The lowest BCUT2D eigenvalue weighted by Gasteiger charge is -2.32. The fourth-order valence-electron chi connectivity index (χ4n) is 4.38. The zero-order valence-electron chi connectivity index (χ0n) is 18.6. The van der Waals surface area contributed by atoms with Crippen molar-refractivity contribution in [2.24, 2.45) is 0 Å². The molecule has 2 N–H and O–H groups in total. The molecule has 0 spiro atoms. The molecule has 0 unspecified atom stereocenters. The predicted octanol–water partition coefficient (Wildman–Crippen LogP) is 2.47. The molecule has 166 valence electrons. The van der Waals surface area contributed by atoms with Crippen LogP contribution in [0.25, 0.3) is 0 Å². The van der Waals surface area contributed by atoms with E-state index in [1.54, 1.807) is 12.3 Å². The standard InChI is InChI=1S/C23H37N5O2/c1-3-4-5-6-7-8-20(29)19-9-11-25-21(22(19)28-15-12-24-13-16-28)23(30)26-18-10-14-27(2)17-18/h9,11,18,24H,3-8,10,12-17H2,1-2H3,(H,26,30)/t18-/m1/s1. The van der Waals surface area contributed by atoms with Crippen LogP contribution in [0.5, 0.6) is 0 Å². The van der Waals surface area contributed by atoms with Crippen molar-refractivity contribution in [3.8, 4) is 0 Å². The molecule has 0 aromatic carbocycles. The van der Waals surface area contributed by atoms with Gasteiger partial charge in [-0.2, -0.15) is 0 Å². The third-order valence-electron chi connectivity index (χ3n) is 6.11. The molecular formula is C23H37N5O2. The van der Waals surface area contributed by atoms with Gasteiger partial charge in [0.15, 0.2) is 11.5 Å². The number of hydrogen-bond donors (Lipinski definition) is 2. The number of amides is 1. The summed E-state index contributed by atoms with van der Waals surface area (Å²) in [5, 5.41) is 6.49. The molecule has 0 bridgehead atoms. The number of rotatable bonds is 10. The van der Waals surface area contributed by atoms with Crippen LogP contribution in [0.1, 0.15) is 72.7 Å². The summed E-state index contributed by atoms with van der Waals surface area (Å²) >= 11 is 0. The van der Waals surface area contributed by atoms with E-state index in [1.165, 1.54) is 19.3 Å². The van der Waals surface area contributed by atoms with Gasteiger partial charge < -0.3 is 20.4 Å². The van der Waals surface area contributed by atoms with Crippen LogP contribution in [0.3, 0.4) is 0 Å². The van der Waals surface area contributed by atoms with Crippen LogP contribution >= 0.6 is 0 Å². The van der Waals surface area contributed by atoms with Gasteiger partial charge >= 0.3 is 0 Å². The Bertz CT molecular complexity index is 718. The summed E-state index contributed by atoms with van der Waals surface area (Å²) in [5.41, 5.74) is 1.76. The van der Waals surface area contributed by atoms with E-state index >= 15 is 0 Å². The SMILES string of the molecule is CCCCCCCC(=O)c1ccnc(C(=O)N[C@@H]2CCN(C)C2)c1N1CCNCC1. The molecule has 7 nitrogen and oxygen atoms in total. The molecule has 2 saturated heterocycles. The monoisotopic (exact) mass is 415 g/mol. The van der Waals surface area contributed by atoms with Crippen molar-refractivity contribution < 1.29 is 9.59 Å². The number of nitrogens with zero attached hydrogens (tertiary/aromatic N) is 3. The first-order chi connectivity index (χ1) is 14.6. The molecule has 2 fully saturated rings.